The van der Waals surface area contributed by atoms with Gasteiger partial charge in [0.1, 0.15) is 5.75 Å². The topological polar surface area (TPSA) is 57.2 Å². The molecule has 1 aromatic heterocycles. The number of nitrogens with two attached hydrogens (primary N) is 1. The molecule has 0 aliphatic carbocycles. The van der Waals surface area contributed by atoms with Crippen LogP contribution in [0.2, 0.25) is 10.0 Å². The van der Waals surface area contributed by atoms with Crippen LogP contribution in [0.15, 0.2) is 78.9 Å². The molecule has 0 spiro atoms. The average Bonchev–Trinajstić information content (AvgIpc) is 3.13. The lowest BCUT2D eigenvalue weighted by Crippen LogP contribution is -2.11. The Balaban J connectivity index is 1.80. The van der Waals surface area contributed by atoms with Gasteiger partial charge in [0.2, 0.25) is 5.91 Å². The van der Waals surface area contributed by atoms with E-state index in [0.29, 0.717) is 32.1 Å². The predicted octanol–water partition coefficient (Wildman–Crippen LogP) is 7.52. The number of amides is 1. The van der Waals surface area contributed by atoms with Crippen molar-refractivity contribution in [1.29, 1.82) is 0 Å². The maximum atomic E-state index is 13.0. The number of rotatable bonds is 6. The van der Waals surface area contributed by atoms with E-state index in [1.165, 1.54) is 6.07 Å². The number of carbonyl (C=O) groups excluding carboxylic acids is 1. The molecule has 0 aliphatic rings. The predicted molar refractivity (Wildman–Crippen MR) is 136 cm³/mol. The van der Waals surface area contributed by atoms with Crippen molar-refractivity contribution in [2.24, 2.45) is 5.73 Å². The summed E-state index contributed by atoms with van der Waals surface area (Å²) in [5, 5.41) is 2.45. The van der Waals surface area contributed by atoms with Crippen molar-refractivity contribution in [3.8, 4) is 16.9 Å². The lowest BCUT2D eigenvalue weighted by Gasteiger charge is -2.14. The van der Waals surface area contributed by atoms with E-state index >= 15 is 0 Å². The maximum Gasteiger partial charge on any atom is 0.387 e. The van der Waals surface area contributed by atoms with Gasteiger partial charge in [0, 0.05) is 37.5 Å². The molecule has 176 valence electrons. The highest BCUT2D eigenvalue weighted by molar-refractivity contribution is 6.39. The summed E-state index contributed by atoms with van der Waals surface area (Å²) in [6.45, 7) is -2.74. The second-order valence-electron chi connectivity index (χ2n) is 7.96. The summed E-state index contributed by atoms with van der Waals surface area (Å²) in [5.41, 5.74) is 9.54. The van der Waals surface area contributed by atoms with Crippen molar-refractivity contribution >= 4 is 50.9 Å². The van der Waals surface area contributed by atoms with Crippen LogP contribution in [0.1, 0.15) is 15.9 Å². The summed E-state index contributed by atoms with van der Waals surface area (Å²) in [6.07, 6.45) is 0. The standard InChI is InChI=1S/C27H18Cl2F2N2O2/c28-19-7-4-8-20(29)24(19)15-11-12-17-22(13-15)33(21-9-3-6-18(25(17)21)26(32)34)14-16-5-1-2-10-23(16)35-27(30)31/h1-13,27H,14H2,(H2,32,34). The Kier molecular flexibility index (Phi) is 6.09. The molecule has 0 radical (unpaired) electrons. The van der Waals surface area contributed by atoms with Gasteiger partial charge < -0.3 is 15.0 Å². The van der Waals surface area contributed by atoms with Crippen molar-refractivity contribution in [2.75, 3.05) is 0 Å². The van der Waals surface area contributed by atoms with Gasteiger partial charge in [-0.25, -0.2) is 0 Å². The number of nitrogens with zero attached hydrogens (tertiary/aromatic N) is 1. The molecule has 1 amide bonds. The fourth-order valence-electron chi connectivity index (χ4n) is 4.46. The number of hydrogen-bond donors (Lipinski definition) is 1. The van der Waals surface area contributed by atoms with Crippen LogP contribution in [-0.2, 0) is 6.54 Å². The number of aromatic nitrogens is 1. The Morgan fingerprint density at radius 2 is 1.63 bits per heavy atom. The molecule has 2 N–H and O–H groups in total. The molecule has 0 saturated carbocycles. The number of hydrogen-bond acceptors (Lipinski definition) is 2. The van der Waals surface area contributed by atoms with Gasteiger partial charge in [-0.15, -0.1) is 0 Å². The van der Waals surface area contributed by atoms with Crippen molar-refractivity contribution < 1.29 is 18.3 Å². The third-order valence-corrected chi connectivity index (χ3v) is 6.56. The molecule has 35 heavy (non-hydrogen) atoms. The summed E-state index contributed by atoms with van der Waals surface area (Å²) in [6, 6.07) is 22.8. The Hall–Kier alpha value is -3.61. The molecule has 0 atom stereocenters. The molecule has 1 heterocycles. The van der Waals surface area contributed by atoms with Gasteiger partial charge in [0.05, 0.1) is 17.6 Å². The quantitative estimate of drug-likeness (QED) is 0.256. The van der Waals surface area contributed by atoms with E-state index in [1.54, 1.807) is 48.5 Å². The number of halogens is 4. The fraction of sp³-hybridized carbons (Fsp3) is 0.0741. The zero-order valence-corrected chi connectivity index (χ0v) is 19.7. The maximum absolute atomic E-state index is 13.0. The first-order valence-corrected chi connectivity index (χ1v) is 11.4. The van der Waals surface area contributed by atoms with Gasteiger partial charge in [-0.05, 0) is 42.0 Å². The van der Waals surface area contributed by atoms with E-state index in [4.69, 9.17) is 33.7 Å². The number of carbonyl (C=O) groups is 1. The zero-order chi connectivity index (χ0) is 24.7. The highest BCUT2D eigenvalue weighted by atomic mass is 35.5. The van der Waals surface area contributed by atoms with E-state index in [2.05, 4.69) is 0 Å². The lowest BCUT2D eigenvalue weighted by molar-refractivity contribution is -0.0504. The Morgan fingerprint density at radius 1 is 0.914 bits per heavy atom. The summed E-state index contributed by atoms with van der Waals surface area (Å²) in [5.74, 6) is -0.483. The van der Waals surface area contributed by atoms with Crippen LogP contribution in [0.5, 0.6) is 5.75 Å². The minimum Gasteiger partial charge on any atom is -0.434 e. The Bertz CT molecular complexity index is 1580. The monoisotopic (exact) mass is 510 g/mol. The number of fused-ring (bicyclic) bond motifs is 3. The van der Waals surface area contributed by atoms with Gasteiger partial charge in [-0.1, -0.05) is 65.7 Å². The molecular weight excluding hydrogens is 493 g/mol. The minimum atomic E-state index is -2.95. The third kappa shape index (κ3) is 4.20. The van der Waals surface area contributed by atoms with Crippen LogP contribution in [0, 0.1) is 0 Å². The lowest BCUT2D eigenvalue weighted by atomic mass is 10.0. The van der Waals surface area contributed by atoms with E-state index in [1.807, 2.05) is 28.8 Å². The van der Waals surface area contributed by atoms with Crippen LogP contribution in [-0.4, -0.2) is 17.1 Å². The first kappa shape index (κ1) is 23.1. The first-order chi connectivity index (χ1) is 16.8. The van der Waals surface area contributed by atoms with Gasteiger partial charge in [-0.2, -0.15) is 8.78 Å². The van der Waals surface area contributed by atoms with E-state index in [9.17, 15) is 13.6 Å². The number of primary amides is 1. The molecule has 0 fully saturated rings. The van der Waals surface area contributed by atoms with Crippen LogP contribution >= 0.6 is 23.2 Å². The molecule has 0 bridgehead atoms. The number of benzene rings is 4. The fourth-order valence-corrected chi connectivity index (χ4v) is 5.08. The number of para-hydroxylation sites is 1. The molecule has 0 saturated heterocycles. The zero-order valence-electron chi connectivity index (χ0n) is 18.1. The van der Waals surface area contributed by atoms with Crippen LogP contribution < -0.4 is 10.5 Å². The van der Waals surface area contributed by atoms with Crippen LogP contribution in [0.25, 0.3) is 32.9 Å². The van der Waals surface area contributed by atoms with Gasteiger partial charge in [0.15, 0.2) is 0 Å². The number of ether oxygens (including phenoxy) is 1. The average molecular weight is 511 g/mol. The van der Waals surface area contributed by atoms with Crippen molar-refractivity contribution in [2.45, 2.75) is 13.2 Å². The largest absolute Gasteiger partial charge is 0.434 e. The molecule has 4 nitrogen and oxygen atoms in total. The molecule has 5 aromatic rings. The van der Waals surface area contributed by atoms with E-state index in [-0.39, 0.29) is 12.3 Å². The summed E-state index contributed by atoms with van der Waals surface area (Å²) >= 11 is 12.9. The molecule has 5 rings (SSSR count). The second-order valence-corrected chi connectivity index (χ2v) is 8.78. The van der Waals surface area contributed by atoms with E-state index < -0.39 is 12.5 Å². The van der Waals surface area contributed by atoms with E-state index in [0.717, 1.165) is 22.0 Å². The smallest absolute Gasteiger partial charge is 0.387 e. The minimum absolute atomic E-state index is 0.0776. The van der Waals surface area contributed by atoms with Crippen LogP contribution in [0.3, 0.4) is 0 Å². The SMILES string of the molecule is NC(=O)c1cccc2c1c1ccc(-c3c(Cl)cccc3Cl)cc1n2Cc1ccccc1OC(F)F. The normalized spacial score (nSPS) is 11.5. The molecule has 4 aromatic carbocycles. The first-order valence-electron chi connectivity index (χ1n) is 10.7. The Morgan fingerprint density at radius 3 is 2.34 bits per heavy atom. The molecule has 8 heteroatoms. The highest BCUT2D eigenvalue weighted by Crippen LogP contribution is 2.39. The second kappa shape index (κ2) is 9.21. The Labute approximate surface area is 209 Å². The van der Waals surface area contributed by atoms with Gasteiger partial charge in [0.25, 0.3) is 0 Å². The number of alkyl halides is 2. The molecule has 0 unspecified atom stereocenters. The van der Waals surface area contributed by atoms with Crippen LogP contribution in [0.4, 0.5) is 8.78 Å². The van der Waals surface area contributed by atoms with Crippen molar-refractivity contribution in [3.05, 3.63) is 100 Å². The molecular formula is C27H18Cl2F2N2O2. The van der Waals surface area contributed by atoms with Crippen molar-refractivity contribution in [3.63, 3.8) is 0 Å². The summed E-state index contributed by atoms with van der Waals surface area (Å²) < 4.78 is 32.8. The summed E-state index contributed by atoms with van der Waals surface area (Å²) in [7, 11) is 0. The van der Waals surface area contributed by atoms with Gasteiger partial charge >= 0.3 is 6.61 Å². The molecule has 0 aliphatic heterocycles. The summed E-state index contributed by atoms with van der Waals surface area (Å²) in [4.78, 5) is 12.3. The third-order valence-electron chi connectivity index (χ3n) is 5.93. The van der Waals surface area contributed by atoms with Crippen molar-refractivity contribution in [1.82, 2.24) is 4.57 Å². The van der Waals surface area contributed by atoms with Gasteiger partial charge in [-0.3, -0.25) is 4.79 Å². The highest BCUT2D eigenvalue weighted by Gasteiger charge is 2.19.